The van der Waals surface area contributed by atoms with Crippen LogP contribution in [0.25, 0.3) is 0 Å². The number of hydrogen-bond acceptors (Lipinski definition) is 2. The van der Waals surface area contributed by atoms with Crippen LogP contribution in [0.4, 0.5) is 14.5 Å². The molecule has 4 heteroatoms. The number of halogens is 2. The Morgan fingerprint density at radius 3 is 2.42 bits per heavy atom. The first-order chi connectivity index (χ1) is 5.54. The molecule has 0 aliphatic carbocycles. The van der Waals surface area contributed by atoms with E-state index in [1.165, 1.54) is 0 Å². The van der Waals surface area contributed by atoms with Crippen molar-refractivity contribution in [2.45, 2.75) is 6.92 Å². The average Bonchev–Trinajstić information content (AvgIpc) is 1.97. The van der Waals surface area contributed by atoms with Gasteiger partial charge in [0.25, 0.3) is 0 Å². The number of anilines is 1. The number of nitrogen functional groups attached to an aromatic ring is 1. The van der Waals surface area contributed by atoms with Gasteiger partial charge in [0.2, 0.25) is 0 Å². The van der Waals surface area contributed by atoms with E-state index in [1.54, 1.807) is 0 Å². The van der Waals surface area contributed by atoms with Gasteiger partial charge in [-0.05, 0) is 19.1 Å². The Kier molecular flexibility index (Phi) is 2.08. The lowest BCUT2D eigenvalue weighted by molar-refractivity contribution is 0.101. The van der Waals surface area contributed by atoms with E-state index in [0.29, 0.717) is 0 Å². The van der Waals surface area contributed by atoms with E-state index >= 15 is 0 Å². The second-order valence-corrected chi connectivity index (χ2v) is 2.38. The lowest BCUT2D eigenvalue weighted by Gasteiger charge is -2.02. The van der Waals surface area contributed by atoms with Gasteiger partial charge in [0.15, 0.2) is 17.4 Å². The molecule has 0 amide bonds. The van der Waals surface area contributed by atoms with Crippen LogP contribution >= 0.6 is 0 Å². The predicted molar refractivity (Wildman–Crippen MR) is 40.8 cm³/mol. The van der Waals surface area contributed by atoms with Gasteiger partial charge in [0, 0.05) is 5.69 Å². The number of rotatable bonds is 1. The number of hydrogen-bond donors (Lipinski definition) is 1. The third-order valence-electron chi connectivity index (χ3n) is 1.48. The molecule has 0 heterocycles. The molecule has 2 nitrogen and oxygen atoms in total. The van der Waals surface area contributed by atoms with Crippen LogP contribution in [0.3, 0.4) is 0 Å². The van der Waals surface area contributed by atoms with E-state index in [2.05, 4.69) is 0 Å². The normalized spacial score (nSPS) is 9.92. The molecule has 1 aromatic rings. The Hall–Kier alpha value is -1.45. The summed E-state index contributed by atoms with van der Waals surface area (Å²) in [5.74, 6) is -2.82. The summed E-state index contributed by atoms with van der Waals surface area (Å²) >= 11 is 0. The molecule has 1 aromatic carbocycles. The molecule has 0 spiro atoms. The maximum atomic E-state index is 12.8. The van der Waals surface area contributed by atoms with Crippen LogP contribution in [0, 0.1) is 11.6 Å². The van der Waals surface area contributed by atoms with Crippen molar-refractivity contribution in [1.29, 1.82) is 0 Å². The molecule has 2 N–H and O–H groups in total. The molecule has 0 saturated carbocycles. The van der Waals surface area contributed by atoms with E-state index < -0.39 is 17.4 Å². The van der Waals surface area contributed by atoms with Crippen LogP contribution in [0.15, 0.2) is 12.1 Å². The largest absolute Gasteiger partial charge is 0.398 e. The first kappa shape index (κ1) is 8.64. The van der Waals surface area contributed by atoms with Crippen molar-refractivity contribution < 1.29 is 13.6 Å². The summed E-state index contributed by atoms with van der Waals surface area (Å²) in [6.07, 6.45) is 0. The topological polar surface area (TPSA) is 43.1 Å². The second kappa shape index (κ2) is 2.89. The SMILES string of the molecule is CC(=O)c1c(N)ccc(F)c1F. The summed E-state index contributed by atoms with van der Waals surface area (Å²) in [5.41, 5.74) is 4.84. The smallest absolute Gasteiger partial charge is 0.171 e. The van der Waals surface area contributed by atoms with Crippen molar-refractivity contribution in [2.24, 2.45) is 0 Å². The van der Waals surface area contributed by atoms with Crippen LogP contribution in [-0.4, -0.2) is 5.78 Å². The molecular formula is C8H7F2NO. The van der Waals surface area contributed by atoms with E-state index in [-0.39, 0.29) is 11.3 Å². The van der Waals surface area contributed by atoms with Gasteiger partial charge in [-0.2, -0.15) is 0 Å². The molecule has 0 saturated heterocycles. The molecule has 0 fully saturated rings. The van der Waals surface area contributed by atoms with Gasteiger partial charge in [-0.1, -0.05) is 0 Å². The average molecular weight is 171 g/mol. The molecule has 0 unspecified atom stereocenters. The molecule has 0 bridgehead atoms. The lowest BCUT2D eigenvalue weighted by Crippen LogP contribution is -2.04. The van der Waals surface area contributed by atoms with Crippen molar-refractivity contribution in [2.75, 3.05) is 5.73 Å². The predicted octanol–water partition coefficient (Wildman–Crippen LogP) is 1.75. The van der Waals surface area contributed by atoms with Crippen molar-refractivity contribution in [3.63, 3.8) is 0 Å². The number of Topliss-reactive ketones (excluding diaryl/α,β-unsaturated/α-hetero) is 1. The third-order valence-corrected chi connectivity index (χ3v) is 1.48. The van der Waals surface area contributed by atoms with E-state index in [4.69, 9.17) is 5.73 Å². The lowest BCUT2D eigenvalue weighted by atomic mass is 10.1. The maximum Gasteiger partial charge on any atom is 0.171 e. The van der Waals surface area contributed by atoms with E-state index in [9.17, 15) is 13.6 Å². The summed E-state index contributed by atoms with van der Waals surface area (Å²) in [5, 5.41) is 0. The second-order valence-electron chi connectivity index (χ2n) is 2.38. The molecule has 1 rings (SSSR count). The molecule has 12 heavy (non-hydrogen) atoms. The Morgan fingerprint density at radius 2 is 2.00 bits per heavy atom. The number of carbonyl (C=O) groups excluding carboxylic acids is 1. The van der Waals surface area contributed by atoms with Crippen LogP contribution in [-0.2, 0) is 0 Å². The number of carbonyl (C=O) groups is 1. The highest BCUT2D eigenvalue weighted by atomic mass is 19.2. The molecule has 64 valence electrons. The minimum atomic E-state index is -1.18. The van der Waals surface area contributed by atoms with Gasteiger partial charge in [0.05, 0.1) is 5.56 Å². The zero-order valence-corrected chi connectivity index (χ0v) is 6.40. The van der Waals surface area contributed by atoms with E-state index in [1.807, 2.05) is 0 Å². The summed E-state index contributed by atoms with van der Waals surface area (Å²) in [6.45, 7) is 1.13. The van der Waals surface area contributed by atoms with Gasteiger partial charge in [0.1, 0.15) is 0 Å². The van der Waals surface area contributed by atoms with Crippen LogP contribution in [0.2, 0.25) is 0 Å². The van der Waals surface area contributed by atoms with Crippen molar-refractivity contribution in [3.8, 4) is 0 Å². The fourth-order valence-corrected chi connectivity index (χ4v) is 0.923. The van der Waals surface area contributed by atoms with Crippen molar-refractivity contribution >= 4 is 11.5 Å². The van der Waals surface area contributed by atoms with Crippen LogP contribution < -0.4 is 5.73 Å². The van der Waals surface area contributed by atoms with Crippen LogP contribution in [0.1, 0.15) is 17.3 Å². The molecule has 0 aliphatic rings. The highest BCUT2D eigenvalue weighted by Gasteiger charge is 2.14. The van der Waals surface area contributed by atoms with Gasteiger partial charge in [-0.3, -0.25) is 4.79 Å². The minimum absolute atomic E-state index is 0.0404. The molecule has 0 aliphatic heterocycles. The molecule has 0 atom stereocenters. The number of ketones is 1. The summed E-state index contributed by atoms with van der Waals surface area (Å²) < 4.78 is 25.4. The summed E-state index contributed by atoms with van der Waals surface area (Å²) in [7, 11) is 0. The highest BCUT2D eigenvalue weighted by Crippen LogP contribution is 2.18. The Morgan fingerprint density at radius 1 is 1.42 bits per heavy atom. The molecule has 0 aromatic heterocycles. The minimum Gasteiger partial charge on any atom is -0.398 e. The Labute approximate surface area is 68.0 Å². The monoisotopic (exact) mass is 171 g/mol. The van der Waals surface area contributed by atoms with Crippen molar-refractivity contribution in [1.82, 2.24) is 0 Å². The quantitative estimate of drug-likeness (QED) is 0.516. The first-order valence-corrected chi connectivity index (χ1v) is 3.28. The first-order valence-electron chi connectivity index (χ1n) is 3.28. The molecule has 0 radical (unpaired) electrons. The van der Waals surface area contributed by atoms with Gasteiger partial charge in [-0.15, -0.1) is 0 Å². The van der Waals surface area contributed by atoms with Crippen LogP contribution in [0.5, 0.6) is 0 Å². The fourth-order valence-electron chi connectivity index (χ4n) is 0.923. The number of nitrogens with two attached hydrogens (primary N) is 1. The standard InChI is InChI=1S/C8H7F2NO/c1-4(12)7-6(11)3-2-5(9)8(7)10/h2-3H,11H2,1H3. The van der Waals surface area contributed by atoms with Gasteiger partial charge in [-0.25, -0.2) is 8.78 Å². The van der Waals surface area contributed by atoms with Gasteiger partial charge < -0.3 is 5.73 Å². The molecular weight excluding hydrogens is 164 g/mol. The Bertz CT molecular complexity index is 336. The fraction of sp³-hybridized carbons (Fsp3) is 0.125. The zero-order valence-electron chi connectivity index (χ0n) is 6.40. The van der Waals surface area contributed by atoms with E-state index in [0.717, 1.165) is 19.1 Å². The Balaban J connectivity index is 3.43. The summed E-state index contributed by atoms with van der Waals surface area (Å²) in [4.78, 5) is 10.8. The van der Waals surface area contributed by atoms with Gasteiger partial charge >= 0.3 is 0 Å². The maximum absolute atomic E-state index is 12.8. The highest BCUT2D eigenvalue weighted by molar-refractivity contribution is 5.99. The third kappa shape index (κ3) is 1.28. The number of benzene rings is 1. The summed E-state index contributed by atoms with van der Waals surface area (Å²) in [6, 6.07) is 2.05. The van der Waals surface area contributed by atoms with Crippen molar-refractivity contribution in [3.05, 3.63) is 29.3 Å². The zero-order chi connectivity index (χ0) is 9.30.